The summed E-state index contributed by atoms with van der Waals surface area (Å²) in [5.41, 5.74) is 1.53. The number of benzene rings is 1. The Labute approximate surface area is 111 Å². The van der Waals surface area contributed by atoms with Gasteiger partial charge in [0.15, 0.2) is 5.78 Å². The molecule has 1 aromatic carbocycles. The molecule has 0 aliphatic heterocycles. The maximum atomic E-state index is 12.3. The zero-order valence-electron chi connectivity index (χ0n) is 9.80. The summed E-state index contributed by atoms with van der Waals surface area (Å²) in [5, 5.41) is 10.6. The second kappa shape index (κ2) is 3.83. The van der Waals surface area contributed by atoms with Crippen LogP contribution in [0.25, 0.3) is 0 Å². The molecule has 0 bridgehead atoms. The molecule has 0 spiro atoms. The molecule has 1 aliphatic carbocycles. The maximum absolute atomic E-state index is 12.3. The molecule has 6 heteroatoms. The largest absolute Gasteiger partial charge is 0.325 e. The van der Waals surface area contributed by atoms with Crippen LogP contribution in [0.2, 0.25) is 0 Å². The van der Waals surface area contributed by atoms with Crippen molar-refractivity contribution in [1.82, 2.24) is 0 Å². The van der Waals surface area contributed by atoms with Gasteiger partial charge < -0.3 is 0 Å². The van der Waals surface area contributed by atoms with Crippen LogP contribution in [0, 0.1) is 17.0 Å². The average molecular weight is 273 g/mol. The van der Waals surface area contributed by atoms with Crippen molar-refractivity contribution in [2.45, 2.75) is 6.92 Å². The van der Waals surface area contributed by atoms with Crippen LogP contribution >= 0.6 is 11.3 Å². The highest BCUT2D eigenvalue weighted by atomic mass is 32.1. The number of thiophene rings is 1. The van der Waals surface area contributed by atoms with Crippen molar-refractivity contribution >= 4 is 27.9 Å². The van der Waals surface area contributed by atoms with Gasteiger partial charge in [0.05, 0.1) is 15.4 Å². The Balaban J connectivity index is 2.30. The highest BCUT2D eigenvalue weighted by Gasteiger charge is 2.35. The van der Waals surface area contributed by atoms with Crippen molar-refractivity contribution < 1.29 is 14.5 Å². The van der Waals surface area contributed by atoms with E-state index in [0.717, 1.165) is 11.3 Å². The zero-order chi connectivity index (χ0) is 13.7. The molecular formula is C13H7NO4S. The van der Waals surface area contributed by atoms with E-state index in [4.69, 9.17) is 0 Å². The van der Waals surface area contributed by atoms with Crippen molar-refractivity contribution in [2.75, 3.05) is 0 Å². The summed E-state index contributed by atoms with van der Waals surface area (Å²) in [6, 6.07) is 6.21. The molecule has 0 unspecified atom stereocenters. The van der Waals surface area contributed by atoms with Crippen LogP contribution in [-0.2, 0) is 0 Å². The Morgan fingerprint density at radius 1 is 1.16 bits per heavy atom. The Morgan fingerprint density at radius 3 is 2.58 bits per heavy atom. The number of hydrogen-bond acceptors (Lipinski definition) is 5. The number of hydrogen-bond donors (Lipinski definition) is 0. The number of nitrogens with zero attached hydrogens (tertiary/aromatic N) is 1. The van der Waals surface area contributed by atoms with Gasteiger partial charge in [0.25, 0.3) is 0 Å². The minimum absolute atomic E-state index is 0.139. The lowest BCUT2D eigenvalue weighted by Gasteiger charge is -2.15. The van der Waals surface area contributed by atoms with Crippen LogP contribution in [0.3, 0.4) is 0 Å². The SMILES string of the molecule is Cc1cccc2c1C(=O)c1sc([N+](=O)[O-])cc1C2=O. The number of aryl methyl sites for hydroxylation is 1. The molecule has 0 saturated heterocycles. The Bertz CT molecular complexity index is 760. The van der Waals surface area contributed by atoms with Crippen LogP contribution in [0.5, 0.6) is 0 Å². The molecule has 3 rings (SSSR count). The molecule has 1 heterocycles. The van der Waals surface area contributed by atoms with Gasteiger partial charge in [0.1, 0.15) is 0 Å². The lowest BCUT2D eigenvalue weighted by atomic mass is 9.86. The molecule has 0 amide bonds. The molecule has 5 nitrogen and oxygen atoms in total. The quantitative estimate of drug-likeness (QED) is 0.504. The molecule has 1 aliphatic rings. The summed E-state index contributed by atoms with van der Waals surface area (Å²) in [6.07, 6.45) is 0. The number of fused-ring (bicyclic) bond motifs is 2. The predicted molar refractivity (Wildman–Crippen MR) is 69.0 cm³/mol. The molecule has 94 valence electrons. The third kappa shape index (κ3) is 1.53. The molecule has 0 atom stereocenters. The molecule has 0 radical (unpaired) electrons. The number of carbonyl (C=O) groups excluding carboxylic acids is 2. The van der Waals surface area contributed by atoms with E-state index in [9.17, 15) is 19.7 Å². The molecule has 1 aromatic heterocycles. The number of nitro groups is 1. The summed E-state index contributed by atoms with van der Waals surface area (Å²) >= 11 is 0.758. The summed E-state index contributed by atoms with van der Waals surface area (Å²) in [6.45, 7) is 1.75. The monoisotopic (exact) mass is 273 g/mol. The van der Waals surface area contributed by atoms with Crippen molar-refractivity contribution in [1.29, 1.82) is 0 Å². The number of ketones is 2. The minimum atomic E-state index is -0.582. The van der Waals surface area contributed by atoms with Gasteiger partial charge in [0.2, 0.25) is 5.78 Å². The van der Waals surface area contributed by atoms with E-state index in [2.05, 4.69) is 0 Å². The van der Waals surface area contributed by atoms with Gasteiger partial charge in [-0.25, -0.2) is 0 Å². The van der Waals surface area contributed by atoms with Crippen molar-refractivity contribution in [3.8, 4) is 0 Å². The third-order valence-corrected chi connectivity index (χ3v) is 4.18. The van der Waals surface area contributed by atoms with Gasteiger partial charge >= 0.3 is 5.00 Å². The maximum Gasteiger partial charge on any atom is 0.325 e. The lowest BCUT2D eigenvalue weighted by molar-refractivity contribution is -0.380. The molecule has 2 aromatic rings. The Kier molecular flexibility index (Phi) is 2.36. The number of carbonyl (C=O) groups is 2. The van der Waals surface area contributed by atoms with Gasteiger partial charge in [0, 0.05) is 17.2 Å². The first kappa shape index (κ1) is 11.7. The number of rotatable bonds is 1. The highest BCUT2D eigenvalue weighted by molar-refractivity contribution is 7.17. The topological polar surface area (TPSA) is 77.3 Å². The predicted octanol–water partition coefficient (Wildman–Crippen LogP) is 2.74. The van der Waals surface area contributed by atoms with Crippen LogP contribution < -0.4 is 0 Å². The Morgan fingerprint density at radius 2 is 1.89 bits per heavy atom. The van der Waals surface area contributed by atoms with E-state index >= 15 is 0 Å². The first-order chi connectivity index (χ1) is 9.00. The fourth-order valence-electron chi connectivity index (χ4n) is 2.22. The van der Waals surface area contributed by atoms with Crippen molar-refractivity contribution in [3.63, 3.8) is 0 Å². The summed E-state index contributed by atoms with van der Waals surface area (Å²) in [7, 11) is 0. The highest BCUT2D eigenvalue weighted by Crippen LogP contribution is 2.37. The van der Waals surface area contributed by atoms with E-state index in [0.29, 0.717) is 16.7 Å². The van der Waals surface area contributed by atoms with E-state index in [1.165, 1.54) is 6.07 Å². The van der Waals surface area contributed by atoms with Gasteiger partial charge in [-0.3, -0.25) is 19.7 Å². The summed E-state index contributed by atoms with van der Waals surface area (Å²) < 4.78 is 0. The zero-order valence-corrected chi connectivity index (χ0v) is 10.6. The molecule has 19 heavy (non-hydrogen) atoms. The van der Waals surface area contributed by atoms with Crippen LogP contribution in [0.4, 0.5) is 5.00 Å². The summed E-state index contributed by atoms with van der Waals surface area (Å²) in [5.74, 6) is -0.626. The van der Waals surface area contributed by atoms with Gasteiger partial charge in [-0.05, 0) is 12.5 Å². The molecular weight excluding hydrogens is 266 g/mol. The standard InChI is InChI=1S/C13H7NO4S/c1-6-3-2-4-7-10(6)12(16)13-8(11(7)15)5-9(19-13)14(17)18/h2-5H,1H3. The summed E-state index contributed by atoms with van der Waals surface area (Å²) in [4.78, 5) is 35.0. The molecule has 0 N–H and O–H groups in total. The normalized spacial score (nSPS) is 13.1. The average Bonchev–Trinajstić information content (AvgIpc) is 2.81. The van der Waals surface area contributed by atoms with Crippen molar-refractivity contribution in [3.05, 3.63) is 61.5 Å². The van der Waals surface area contributed by atoms with Gasteiger partial charge in [-0.1, -0.05) is 29.5 Å². The van der Waals surface area contributed by atoms with Crippen LogP contribution in [0.1, 0.15) is 36.7 Å². The van der Waals surface area contributed by atoms with E-state index in [-0.39, 0.29) is 27.0 Å². The van der Waals surface area contributed by atoms with Crippen LogP contribution in [-0.4, -0.2) is 16.5 Å². The molecule has 0 fully saturated rings. The van der Waals surface area contributed by atoms with E-state index in [1.807, 2.05) is 0 Å². The fraction of sp³-hybridized carbons (Fsp3) is 0.0769. The first-order valence-electron chi connectivity index (χ1n) is 5.48. The second-order valence-corrected chi connectivity index (χ2v) is 5.27. The smallest absolute Gasteiger partial charge is 0.289 e. The lowest BCUT2D eigenvalue weighted by Crippen LogP contribution is -2.19. The minimum Gasteiger partial charge on any atom is -0.289 e. The fourth-order valence-corrected chi connectivity index (χ4v) is 3.14. The van der Waals surface area contributed by atoms with E-state index < -0.39 is 4.92 Å². The third-order valence-electron chi connectivity index (χ3n) is 3.09. The van der Waals surface area contributed by atoms with Gasteiger partial charge in [-0.15, -0.1) is 0 Å². The second-order valence-electron chi connectivity index (χ2n) is 4.24. The van der Waals surface area contributed by atoms with Gasteiger partial charge in [-0.2, -0.15) is 0 Å². The first-order valence-corrected chi connectivity index (χ1v) is 6.29. The van der Waals surface area contributed by atoms with Crippen molar-refractivity contribution in [2.24, 2.45) is 0 Å². The Hall–Kier alpha value is -2.34. The van der Waals surface area contributed by atoms with Crippen LogP contribution in [0.15, 0.2) is 24.3 Å². The van der Waals surface area contributed by atoms with E-state index in [1.54, 1.807) is 25.1 Å². The molecule has 0 saturated carbocycles.